The third-order valence-electron chi connectivity index (χ3n) is 6.24. The lowest BCUT2D eigenvalue weighted by atomic mass is 10.1. The number of rotatable bonds is 6. The van der Waals surface area contributed by atoms with Gasteiger partial charge in [-0.15, -0.1) is 11.3 Å². The molecular weight excluding hydrogens is 536 g/mol. The molecule has 4 aromatic rings. The molecule has 10 nitrogen and oxygen atoms in total. The fourth-order valence-corrected chi connectivity index (χ4v) is 6.85. The predicted octanol–water partition coefficient (Wildman–Crippen LogP) is 2.99. The van der Waals surface area contributed by atoms with Crippen molar-refractivity contribution in [2.24, 2.45) is 0 Å². The van der Waals surface area contributed by atoms with Gasteiger partial charge in [-0.05, 0) is 42.0 Å². The van der Waals surface area contributed by atoms with Gasteiger partial charge in [-0.2, -0.15) is 4.31 Å². The van der Waals surface area contributed by atoms with Gasteiger partial charge < -0.3 is 15.2 Å². The molecule has 0 spiro atoms. The number of nitrogens with zero attached hydrogens (tertiary/aromatic N) is 4. The number of carbonyl (C=O) groups excluding carboxylic acids is 2. The highest BCUT2D eigenvalue weighted by atomic mass is 35.5. The maximum atomic E-state index is 13.5. The fraction of sp³-hybridized carbons (Fsp3) is 0.250. The number of sulfonamides is 1. The van der Waals surface area contributed by atoms with E-state index in [-0.39, 0.29) is 47.9 Å². The molecule has 2 amide bonds. The van der Waals surface area contributed by atoms with Crippen molar-refractivity contribution in [1.82, 2.24) is 29.5 Å². The first-order valence-electron chi connectivity index (χ1n) is 11.4. The second-order valence-electron chi connectivity index (χ2n) is 8.52. The van der Waals surface area contributed by atoms with Crippen molar-refractivity contribution < 1.29 is 18.0 Å². The number of fused-ring (bicyclic) bond motifs is 1. The molecule has 2 N–H and O–H groups in total. The summed E-state index contributed by atoms with van der Waals surface area (Å²) in [5.41, 5.74) is 1.54. The van der Waals surface area contributed by atoms with Crippen LogP contribution in [0.4, 0.5) is 0 Å². The Morgan fingerprint density at radius 1 is 1.19 bits per heavy atom. The largest absolute Gasteiger partial charge is 0.359 e. The maximum Gasteiger partial charge on any atom is 0.283 e. The summed E-state index contributed by atoms with van der Waals surface area (Å²) in [7, 11) is -2.41. The lowest BCUT2D eigenvalue weighted by molar-refractivity contribution is -0.121. The molecule has 1 aliphatic heterocycles. The number of hydrogen-bond donors (Lipinski definition) is 2. The minimum atomic E-state index is -3.91. The topological polar surface area (TPSA) is 128 Å². The van der Waals surface area contributed by atoms with Crippen LogP contribution in [0, 0.1) is 0 Å². The first kappa shape index (κ1) is 25.3. The van der Waals surface area contributed by atoms with Crippen LogP contribution in [0.15, 0.2) is 60.0 Å². The van der Waals surface area contributed by atoms with Crippen molar-refractivity contribution >= 4 is 55.7 Å². The monoisotopic (exact) mass is 558 g/mol. The Morgan fingerprint density at radius 2 is 1.97 bits per heavy atom. The number of aromatic amines is 1. The maximum absolute atomic E-state index is 13.5. The molecule has 192 valence electrons. The lowest BCUT2D eigenvalue weighted by Gasteiger charge is -2.40. The Hall–Kier alpha value is -3.32. The summed E-state index contributed by atoms with van der Waals surface area (Å²) in [5, 5.41) is 4.05. The zero-order chi connectivity index (χ0) is 26.2. The van der Waals surface area contributed by atoms with Crippen LogP contribution >= 0.6 is 22.9 Å². The van der Waals surface area contributed by atoms with Gasteiger partial charge >= 0.3 is 0 Å². The van der Waals surface area contributed by atoms with Gasteiger partial charge in [0.1, 0.15) is 5.03 Å². The number of piperazine rings is 1. The van der Waals surface area contributed by atoms with Crippen molar-refractivity contribution in [3.63, 3.8) is 0 Å². The number of nitrogens with one attached hydrogen (secondary N) is 2. The molecule has 37 heavy (non-hydrogen) atoms. The van der Waals surface area contributed by atoms with E-state index in [0.717, 1.165) is 10.4 Å². The Labute approximate surface area is 222 Å². The van der Waals surface area contributed by atoms with Gasteiger partial charge in [-0.1, -0.05) is 11.6 Å². The minimum Gasteiger partial charge on any atom is -0.359 e. The Balaban J connectivity index is 1.40. The van der Waals surface area contributed by atoms with E-state index in [1.807, 2.05) is 12.1 Å². The van der Waals surface area contributed by atoms with Crippen molar-refractivity contribution in [2.45, 2.75) is 17.5 Å². The second-order valence-corrected chi connectivity index (χ2v) is 11.9. The zero-order valence-electron chi connectivity index (χ0n) is 19.7. The Morgan fingerprint density at radius 3 is 2.73 bits per heavy atom. The highest BCUT2D eigenvalue weighted by Crippen LogP contribution is 2.29. The first-order valence-corrected chi connectivity index (χ1v) is 14.1. The molecule has 5 rings (SSSR count). The van der Waals surface area contributed by atoms with E-state index in [1.165, 1.54) is 28.8 Å². The summed E-state index contributed by atoms with van der Waals surface area (Å²) in [4.78, 5) is 39.4. The van der Waals surface area contributed by atoms with Gasteiger partial charge in [-0.25, -0.2) is 13.4 Å². The van der Waals surface area contributed by atoms with Gasteiger partial charge in [0, 0.05) is 67.6 Å². The van der Waals surface area contributed by atoms with Crippen molar-refractivity contribution in [2.75, 3.05) is 26.7 Å². The molecule has 0 aliphatic carbocycles. The number of H-pyrrole nitrogens is 1. The third-order valence-corrected chi connectivity index (χ3v) is 9.29. The fourth-order valence-electron chi connectivity index (χ4n) is 4.30. The number of amides is 2. The lowest BCUT2D eigenvalue weighted by Crippen LogP contribution is -2.57. The Bertz CT molecular complexity index is 1570. The number of pyridine rings is 1. The highest BCUT2D eigenvalue weighted by molar-refractivity contribution is 7.89. The van der Waals surface area contributed by atoms with Crippen LogP contribution in [0.5, 0.6) is 0 Å². The second kappa shape index (κ2) is 10.2. The van der Waals surface area contributed by atoms with E-state index in [4.69, 9.17) is 11.6 Å². The number of halogens is 1. The summed E-state index contributed by atoms with van der Waals surface area (Å²) in [6.07, 6.45) is 4.91. The van der Waals surface area contributed by atoms with E-state index < -0.39 is 16.1 Å². The van der Waals surface area contributed by atoms with Crippen molar-refractivity contribution in [3.8, 4) is 10.4 Å². The minimum absolute atomic E-state index is 0.0276. The molecule has 0 bridgehead atoms. The van der Waals surface area contributed by atoms with Gasteiger partial charge in [-0.3, -0.25) is 14.6 Å². The molecule has 0 saturated carbocycles. The highest BCUT2D eigenvalue weighted by Gasteiger charge is 2.38. The summed E-state index contributed by atoms with van der Waals surface area (Å²) in [6, 6.07) is 9.62. The standard InChI is InChI=1S/C24H23ClN6O4S2/c1-26-21(32)12-18-14-30(37(34,35)22-11-16-10-17(25)2-3-19(16)29-22)8-9-31(18)24(33)23-28-13-20(36-23)15-4-6-27-7-5-15/h2-7,10-11,13,18,29H,8-9,12,14H2,1H3,(H,26,32). The molecule has 13 heteroatoms. The predicted molar refractivity (Wildman–Crippen MR) is 141 cm³/mol. The smallest absolute Gasteiger partial charge is 0.283 e. The summed E-state index contributed by atoms with van der Waals surface area (Å²) in [6.45, 7) is 0.174. The molecule has 3 aromatic heterocycles. The van der Waals surface area contributed by atoms with Gasteiger partial charge in [0.15, 0.2) is 5.01 Å². The van der Waals surface area contributed by atoms with Crippen LogP contribution in [0.25, 0.3) is 21.3 Å². The van der Waals surface area contributed by atoms with Crippen molar-refractivity contribution in [1.29, 1.82) is 0 Å². The van der Waals surface area contributed by atoms with Crippen molar-refractivity contribution in [3.05, 3.63) is 65.0 Å². The van der Waals surface area contributed by atoms with Gasteiger partial charge in [0.2, 0.25) is 5.91 Å². The summed E-state index contributed by atoms with van der Waals surface area (Å²) < 4.78 is 28.3. The summed E-state index contributed by atoms with van der Waals surface area (Å²) >= 11 is 7.29. The average Bonchev–Trinajstić information content (AvgIpc) is 3.56. The molecular formula is C24H23ClN6O4S2. The van der Waals surface area contributed by atoms with Crippen LogP contribution in [0.1, 0.15) is 16.2 Å². The van der Waals surface area contributed by atoms with Gasteiger partial charge in [0.05, 0.1) is 10.9 Å². The van der Waals surface area contributed by atoms with E-state index in [0.29, 0.717) is 15.9 Å². The zero-order valence-corrected chi connectivity index (χ0v) is 22.1. The molecule has 1 fully saturated rings. The SMILES string of the molecule is CNC(=O)CC1CN(S(=O)(=O)c2cc3cc(Cl)ccc3[nH]2)CCN1C(=O)c1ncc(-c2ccncc2)s1. The van der Waals surface area contributed by atoms with Crippen LogP contribution in [0.2, 0.25) is 5.02 Å². The quantitative estimate of drug-likeness (QED) is 0.374. The molecule has 4 heterocycles. The molecule has 1 atom stereocenters. The van der Waals surface area contributed by atoms with E-state index in [1.54, 1.807) is 41.7 Å². The number of aromatic nitrogens is 3. The van der Waals surface area contributed by atoms with E-state index in [9.17, 15) is 18.0 Å². The van der Waals surface area contributed by atoms with Crippen LogP contribution in [-0.2, 0) is 14.8 Å². The number of thiazole rings is 1. The van der Waals surface area contributed by atoms with E-state index >= 15 is 0 Å². The third kappa shape index (κ3) is 5.10. The molecule has 1 aliphatic rings. The van der Waals surface area contributed by atoms with Crippen LogP contribution in [0.3, 0.4) is 0 Å². The Kier molecular flexibility index (Phi) is 6.99. The molecule has 1 aromatic carbocycles. The number of benzene rings is 1. The number of carbonyl (C=O) groups is 2. The molecule has 1 saturated heterocycles. The molecule has 1 unspecified atom stereocenters. The summed E-state index contributed by atoms with van der Waals surface area (Å²) in [5.74, 6) is -0.629. The average molecular weight is 559 g/mol. The number of hydrogen-bond acceptors (Lipinski definition) is 7. The normalized spacial score (nSPS) is 16.7. The van der Waals surface area contributed by atoms with Crippen LogP contribution in [-0.4, -0.2) is 77.1 Å². The first-order chi connectivity index (χ1) is 17.8. The molecule has 0 radical (unpaired) electrons. The van der Waals surface area contributed by atoms with Crippen LogP contribution < -0.4 is 5.32 Å². The van der Waals surface area contributed by atoms with Gasteiger partial charge in [0.25, 0.3) is 15.9 Å². The van der Waals surface area contributed by atoms with E-state index in [2.05, 4.69) is 20.3 Å².